The zero-order valence-corrected chi connectivity index (χ0v) is 11.9. The topological polar surface area (TPSA) is 74.4 Å². The van der Waals surface area contributed by atoms with E-state index in [1.54, 1.807) is 13.2 Å². The first-order valence-corrected chi connectivity index (χ1v) is 6.61. The smallest absolute Gasteiger partial charge is 0.340 e. The zero-order chi connectivity index (χ0) is 14.5. The van der Waals surface area contributed by atoms with Crippen LogP contribution in [0, 0.1) is 0 Å². The quantitative estimate of drug-likeness (QED) is 0.872. The van der Waals surface area contributed by atoms with Gasteiger partial charge in [-0.15, -0.1) is 0 Å². The molecular formula is C14H14N2O3S. The molecule has 0 atom stereocenters. The Labute approximate surface area is 121 Å². The minimum absolute atomic E-state index is 0.348. The van der Waals surface area contributed by atoms with Gasteiger partial charge in [-0.3, -0.25) is 0 Å². The highest BCUT2D eigenvalue weighted by molar-refractivity contribution is 7.99. The fourth-order valence-corrected chi connectivity index (χ4v) is 2.48. The first kappa shape index (κ1) is 14.2. The second kappa shape index (κ2) is 6.29. The van der Waals surface area contributed by atoms with Crippen molar-refractivity contribution in [2.45, 2.75) is 9.92 Å². The van der Waals surface area contributed by atoms with Crippen LogP contribution in [0.2, 0.25) is 0 Å². The van der Waals surface area contributed by atoms with Gasteiger partial charge in [0.2, 0.25) is 0 Å². The molecule has 6 heteroatoms. The number of aromatic nitrogens is 1. The van der Waals surface area contributed by atoms with Crippen LogP contribution in [-0.4, -0.2) is 25.2 Å². The van der Waals surface area contributed by atoms with Crippen molar-refractivity contribution < 1.29 is 14.3 Å². The normalized spacial score (nSPS) is 10.1. The van der Waals surface area contributed by atoms with E-state index < -0.39 is 5.97 Å². The first-order valence-electron chi connectivity index (χ1n) is 5.79. The third-order valence-corrected chi connectivity index (χ3v) is 3.54. The van der Waals surface area contributed by atoms with Gasteiger partial charge in [0.05, 0.1) is 31.7 Å². The summed E-state index contributed by atoms with van der Waals surface area (Å²) in [6.07, 6.45) is 1.51. The second-order valence-electron chi connectivity index (χ2n) is 3.89. The number of ether oxygens (including phenoxy) is 2. The molecule has 0 saturated carbocycles. The number of hydrogen-bond donors (Lipinski definition) is 1. The number of benzene rings is 1. The predicted molar refractivity (Wildman–Crippen MR) is 77.1 cm³/mol. The predicted octanol–water partition coefficient (Wildman–Crippen LogP) is 2.61. The SMILES string of the molecule is COC(=O)c1cc(N)cnc1Sc1cccc(OC)c1. The molecule has 0 unspecified atom stereocenters. The molecule has 5 nitrogen and oxygen atoms in total. The van der Waals surface area contributed by atoms with Gasteiger partial charge in [0.1, 0.15) is 10.8 Å². The largest absolute Gasteiger partial charge is 0.497 e. The Balaban J connectivity index is 2.35. The molecule has 0 aliphatic heterocycles. The summed E-state index contributed by atoms with van der Waals surface area (Å²) >= 11 is 1.35. The van der Waals surface area contributed by atoms with Crippen LogP contribution in [0.25, 0.3) is 0 Å². The molecule has 0 spiro atoms. The van der Waals surface area contributed by atoms with Gasteiger partial charge in [-0.25, -0.2) is 9.78 Å². The Morgan fingerprint density at radius 1 is 1.30 bits per heavy atom. The highest BCUT2D eigenvalue weighted by Gasteiger charge is 2.15. The average Bonchev–Trinajstić information content (AvgIpc) is 2.48. The van der Waals surface area contributed by atoms with Crippen LogP contribution in [0.15, 0.2) is 46.5 Å². The number of anilines is 1. The Morgan fingerprint density at radius 3 is 2.80 bits per heavy atom. The van der Waals surface area contributed by atoms with Crippen molar-refractivity contribution in [1.29, 1.82) is 0 Å². The molecule has 0 aliphatic carbocycles. The lowest BCUT2D eigenvalue weighted by Crippen LogP contribution is -2.05. The molecule has 0 bridgehead atoms. The summed E-state index contributed by atoms with van der Waals surface area (Å²) in [4.78, 5) is 16.8. The molecule has 2 aromatic rings. The molecule has 0 aliphatic rings. The molecule has 104 valence electrons. The Bertz CT molecular complexity index is 632. The molecule has 2 N–H and O–H groups in total. The van der Waals surface area contributed by atoms with E-state index in [-0.39, 0.29) is 0 Å². The van der Waals surface area contributed by atoms with Crippen molar-refractivity contribution in [2.75, 3.05) is 20.0 Å². The van der Waals surface area contributed by atoms with E-state index in [0.29, 0.717) is 16.3 Å². The number of methoxy groups -OCH3 is 2. The van der Waals surface area contributed by atoms with Crippen LogP contribution in [0.3, 0.4) is 0 Å². The third kappa shape index (κ3) is 3.21. The van der Waals surface area contributed by atoms with Crippen LogP contribution in [-0.2, 0) is 4.74 Å². The summed E-state index contributed by atoms with van der Waals surface area (Å²) < 4.78 is 9.91. The number of nitrogen functional groups attached to an aromatic ring is 1. The van der Waals surface area contributed by atoms with E-state index in [4.69, 9.17) is 15.2 Å². The van der Waals surface area contributed by atoms with Gasteiger partial charge < -0.3 is 15.2 Å². The number of nitrogens with two attached hydrogens (primary N) is 1. The highest BCUT2D eigenvalue weighted by Crippen LogP contribution is 2.31. The van der Waals surface area contributed by atoms with Crippen LogP contribution in [0.5, 0.6) is 5.75 Å². The zero-order valence-electron chi connectivity index (χ0n) is 11.1. The summed E-state index contributed by atoms with van der Waals surface area (Å²) in [5.74, 6) is 0.278. The van der Waals surface area contributed by atoms with Gasteiger partial charge in [-0.2, -0.15) is 0 Å². The van der Waals surface area contributed by atoms with Gasteiger partial charge in [-0.1, -0.05) is 17.8 Å². The number of carbonyl (C=O) groups is 1. The van der Waals surface area contributed by atoms with Gasteiger partial charge >= 0.3 is 5.97 Å². The fourth-order valence-electron chi connectivity index (χ4n) is 1.58. The summed E-state index contributed by atoms with van der Waals surface area (Å²) in [6.45, 7) is 0. The number of carbonyl (C=O) groups excluding carboxylic acids is 1. The van der Waals surface area contributed by atoms with Gasteiger partial charge in [0, 0.05) is 4.90 Å². The fraction of sp³-hybridized carbons (Fsp3) is 0.143. The maximum absolute atomic E-state index is 11.7. The van der Waals surface area contributed by atoms with Crippen LogP contribution < -0.4 is 10.5 Å². The Kier molecular flexibility index (Phi) is 4.47. The summed E-state index contributed by atoms with van der Waals surface area (Å²) in [7, 11) is 2.93. The molecular weight excluding hydrogens is 276 g/mol. The molecule has 0 saturated heterocycles. The maximum Gasteiger partial charge on any atom is 0.340 e. The summed E-state index contributed by atoms with van der Waals surface area (Å²) in [5.41, 5.74) is 6.42. The minimum atomic E-state index is -0.463. The number of esters is 1. The molecule has 1 heterocycles. The monoisotopic (exact) mass is 290 g/mol. The number of pyridine rings is 1. The molecule has 20 heavy (non-hydrogen) atoms. The van der Waals surface area contributed by atoms with E-state index in [2.05, 4.69) is 4.98 Å². The van der Waals surface area contributed by atoms with Crippen LogP contribution >= 0.6 is 11.8 Å². The average molecular weight is 290 g/mol. The van der Waals surface area contributed by atoms with Crippen molar-refractivity contribution in [3.8, 4) is 5.75 Å². The van der Waals surface area contributed by atoms with E-state index in [1.807, 2.05) is 24.3 Å². The van der Waals surface area contributed by atoms with E-state index in [9.17, 15) is 4.79 Å². The van der Waals surface area contributed by atoms with Crippen LogP contribution in [0.4, 0.5) is 5.69 Å². The van der Waals surface area contributed by atoms with Crippen molar-refractivity contribution in [3.05, 3.63) is 42.1 Å². The number of hydrogen-bond acceptors (Lipinski definition) is 6. The Morgan fingerprint density at radius 2 is 2.10 bits per heavy atom. The van der Waals surface area contributed by atoms with Crippen LogP contribution in [0.1, 0.15) is 10.4 Å². The standard InChI is InChI=1S/C14H14N2O3S/c1-18-10-4-3-5-11(7-10)20-13-12(14(17)19-2)6-9(15)8-16-13/h3-8H,15H2,1-2H3. The van der Waals surface area contributed by atoms with Crippen molar-refractivity contribution in [2.24, 2.45) is 0 Å². The summed E-state index contributed by atoms with van der Waals surface area (Å²) in [5, 5.41) is 0.541. The molecule has 0 amide bonds. The second-order valence-corrected chi connectivity index (χ2v) is 4.96. The molecule has 0 radical (unpaired) electrons. The lowest BCUT2D eigenvalue weighted by atomic mass is 10.3. The van der Waals surface area contributed by atoms with E-state index >= 15 is 0 Å². The molecule has 0 fully saturated rings. The number of nitrogens with zero attached hydrogens (tertiary/aromatic N) is 1. The lowest BCUT2D eigenvalue weighted by molar-refractivity contribution is 0.0596. The van der Waals surface area contributed by atoms with Crippen molar-refractivity contribution >= 4 is 23.4 Å². The van der Waals surface area contributed by atoms with Crippen molar-refractivity contribution in [3.63, 3.8) is 0 Å². The molecule has 1 aromatic carbocycles. The van der Waals surface area contributed by atoms with Crippen molar-refractivity contribution in [1.82, 2.24) is 4.98 Å². The first-order chi connectivity index (χ1) is 9.63. The lowest BCUT2D eigenvalue weighted by Gasteiger charge is -2.08. The van der Waals surface area contributed by atoms with Gasteiger partial charge in [0.15, 0.2) is 0 Å². The highest BCUT2D eigenvalue weighted by atomic mass is 32.2. The van der Waals surface area contributed by atoms with E-state index in [1.165, 1.54) is 25.1 Å². The Hall–Kier alpha value is -2.21. The van der Waals surface area contributed by atoms with Gasteiger partial charge in [0.25, 0.3) is 0 Å². The van der Waals surface area contributed by atoms with Gasteiger partial charge in [-0.05, 0) is 24.3 Å². The summed E-state index contributed by atoms with van der Waals surface area (Å²) in [6, 6.07) is 9.05. The molecule has 2 rings (SSSR count). The minimum Gasteiger partial charge on any atom is -0.497 e. The van der Waals surface area contributed by atoms with E-state index in [0.717, 1.165) is 10.6 Å². The maximum atomic E-state index is 11.7. The number of rotatable bonds is 4. The molecule has 1 aromatic heterocycles. The third-order valence-electron chi connectivity index (χ3n) is 2.53.